The van der Waals surface area contributed by atoms with Gasteiger partial charge in [0.1, 0.15) is 5.76 Å². The molecule has 1 aromatic rings. The molecular formula is C9H14N2O. The van der Waals surface area contributed by atoms with E-state index in [0.29, 0.717) is 0 Å². The average molecular weight is 166 g/mol. The van der Waals surface area contributed by atoms with Gasteiger partial charge in [-0.25, -0.2) is 4.98 Å². The normalized spacial score (nSPS) is 16.8. The highest BCUT2D eigenvalue weighted by Crippen LogP contribution is 2.19. The number of nitrogens with one attached hydrogen (secondary N) is 1. The molecule has 3 heteroatoms. The second-order valence-corrected chi connectivity index (χ2v) is 3.40. The largest absolute Gasteiger partial charge is 0.444 e. The average Bonchev–Trinajstić information content (AvgIpc) is 2.78. The molecule has 1 fully saturated rings. The molecule has 0 amide bonds. The first-order valence-electron chi connectivity index (χ1n) is 4.42. The molecule has 0 saturated heterocycles. The lowest BCUT2D eigenvalue weighted by atomic mass is 10.4. The minimum Gasteiger partial charge on any atom is -0.444 e. The summed E-state index contributed by atoms with van der Waals surface area (Å²) in [4.78, 5) is 4.28. The third-order valence-corrected chi connectivity index (χ3v) is 2.19. The summed E-state index contributed by atoms with van der Waals surface area (Å²) in [6, 6.07) is 0.720. The summed E-state index contributed by atoms with van der Waals surface area (Å²) >= 11 is 0. The zero-order chi connectivity index (χ0) is 8.55. The van der Waals surface area contributed by atoms with Gasteiger partial charge in [-0.15, -0.1) is 0 Å². The lowest BCUT2D eigenvalue weighted by Crippen LogP contribution is -2.15. The maximum atomic E-state index is 5.42. The van der Waals surface area contributed by atoms with Crippen molar-refractivity contribution >= 4 is 0 Å². The molecule has 12 heavy (non-hydrogen) atoms. The fraction of sp³-hybridized carbons (Fsp3) is 0.667. The van der Waals surface area contributed by atoms with Crippen LogP contribution in [0, 0.1) is 13.8 Å². The van der Waals surface area contributed by atoms with Gasteiger partial charge >= 0.3 is 0 Å². The Labute approximate surface area is 72.2 Å². The Kier molecular flexibility index (Phi) is 1.89. The Bertz CT molecular complexity index is 257. The highest BCUT2D eigenvalue weighted by molar-refractivity contribution is 5.05. The molecular weight excluding hydrogens is 152 g/mol. The molecule has 1 aliphatic rings. The van der Waals surface area contributed by atoms with Gasteiger partial charge in [0.15, 0.2) is 0 Å². The van der Waals surface area contributed by atoms with Crippen LogP contribution < -0.4 is 5.32 Å². The molecule has 66 valence electrons. The Morgan fingerprint density at radius 3 is 2.75 bits per heavy atom. The molecule has 1 aromatic heterocycles. The monoisotopic (exact) mass is 166 g/mol. The van der Waals surface area contributed by atoms with E-state index in [4.69, 9.17) is 4.42 Å². The highest BCUT2D eigenvalue weighted by atomic mass is 16.4. The van der Waals surface area contributed by atoms with E-state index >= 15 is 0 Å². The molecule has 0 spiro atoms. The van der Waals surface area contributed by atoms with Crippen LogP contribution in [-0.4, -0.2) is 11.0 Å². The lowest BCUT2D eigenvalue weighted by Gasteiger charge is -1.95. The Hall–Kier alpha value is -0.830. The third-order valence-electron chi connectivity index (χ3n) is 2.19. The summed E-state index contributed by atoms with van der Waals surface area (Å²) in [5, 5.41) is 3.36. The standard InChI is InChI=1S/C9H14N2O/c1-6-7(2)12-9(11-6)5-10-8-3-4-8/h8,10H,3-5H2,1-2H3. The molecule has 0 atom stereocenters. The van der Waals surface area contributed by atoms with Crippen LogP contribution in [0.15, 0.2) is 4.42 Å². The van der Waals surface area contributed by atoms with Crippen LogP contribution in [0.4, 0.5) is 0 Å². The summed E-state index contributed by atoms with van der Waals surface area (Å²) in [6.45, 7) is 4.70. The van der Waals surface area contributed by atoms with Gasteiger partial charge in [0.05, 0.1) is 12.2 Å². The van der Waals surface area contributed by atoms with Crippen molar-refractivity contribution in [2.75, 3.05) is 0 Å². The molecule has 1 saturated carbocycles. The van der Waals surface area contributed by atoms with Crippen molar-refractivity contribution in [3.8, 4) is 0 Å². The minimum absolute atomic E-state index is 0.720. The van der Waals surface area contributed by atoms with Crippen molar-refractivity contribution in [2.45, 2.75) is 39.3 Å². The zero-order valence-electron chi connectivity index (χ0n) is 7.55. The first-order chi connectivity index (χ1) is 5.75. The van der Waals surface area contributed by atoms with E-state index in [9.17, 15) is 0 Å². The number of rotatable bonds is 3. The second-order valence-electron chi connectivity index (χ2n) is 3.40. The summed E-state index contributed by atoms with van der Waals surface area (Å²) < 4.78 is 5.42. The first-order valence-corrected chi connectivity index (χ1v) is 4.42. The molecule has 1 heterocycles. The molecule has 0 aromatic carbocycles. The predicted octanol–water partition coefficient (Wildman–Crippen LogP) is 1.54. The van der Waals surface area contributed by atoms with E-state index in [1.54, 1.807) is 0 Å². The van der Waals surface area contributed by atoms with Crippen LogP contribution in [0.1, 0.15) is 30.2 Å². The van der Waals surface area contributed by atoms with Crippen LogP contribution in [0.2, 0.25) is 0 Å². The van der Waals surface area contributed by atoms with Crippen molar-refractivity contribution in [1.29, 1.82) is 0 Å². The summed E-state index contributed by atoms with van der Waals surface area (Å²) in [6.07, 6.45) is 2.61. The molecule has 0 bridgehead atoms. The number of aromatic nitrogens is 1. The van der Waals surface area contributed by atoms with Gasteiger partial charge in [0.2, 0.25) is 5.89 Å². The second kappa shape index (κ2) is 2.90. The van der Waals surface area contributed by atoms with Gasteiger partial charge in [0.25, 0.3) is 0 Å². The molecule has 2 rings (SSSR count). The fourth-order valence-electron chi connectivity index (χ4n) is 1.13. The molecule has 1 N–H and O–H groups in total. The highest BCUT2D eigenvalue weighted by Gasteiger charge is 2.20. The number of hydrogen-bond donors (Lipinski definition) is 1. The fourth-order valence-corrected chi connectivity index (χ4v) is 1.13. The maximum absolute atomic E-state index is 5.42. The number of aryl methyl sites for hydroxylation is 2. The van der Waals surface area contributed by atoms with Crippen LogP contribution in [0.3, 0.4) is 0 Å². The molecule has 0 unspecified atom stereocenters. The molecule has 0 aliphatic heterocycles. The van der Waals surface area contributed by atoms with Crippen LogP contribution in [-0.2, 0) is 6.54 Å². The van der Waals surface area contributed by atoms with E-state index in [0.717, 1.165) is 29.9 Å². The van der Waals surface area contributed by atoms with Gasteiger partial charge in [-0.05, 0) is 26.7 Å². The van der Waals surface area contributed by atoms with Crippen molar-refractivity contribution < 1.29 is 4.42 Å². The maximum Gasteiger partial charge on any atom is 0.208 e. The smallest absolute Gasteiger partial charge is 0.208 e. The van der Waals surface area contributed by atoms with Crippen molar-refractivity contribution in [1.82, 2.24) is 10.3 Å². The van der Waals surface area contributed by atoms with Gasteiger partial charge in [-0.2, -0.15) is 0 Å². The summed E-state index contributed by atoms with van der Waals surface area (Å²) in [5.74, 6) is 1.75. The number of oxazole rings is 1. The molecule has 1 aliphatic carbocycles. The zero-order valence-corrected chi connectivity index (χ0v) is 7.55. The number of hydrogen-bond acceptors (Lipinski definition) is 3. The Balaban J connectivity index is 1.93. The van der Waals surface area contributed by atoms with Crippen LogP contribution in [0.25, 0.3) is 0 Å². The van der Waals surface area contributed by atoms with E-state index in [2.05, 4.69) is 10.3 Å². The van der Waals surface area contributed by atoms with Crippen LogP contribution >= 0.6 is 0 Å². The van der Waals surface area contributed by atoms with Crippen molar-refractivity contribution in [2.24, 2.45) is 0 Å². The topological polar surface area (TPSA) is 38.1 Å². The lowest BCUT2D eigenvalue weighted by molar-refractivity contribution is 0.448. The number of nitrogens with zero attached hydrogens (tertiary/aromatic N) is 1. The van der Waals surface area contributed by atoms with E-state index in [1.165, 1.54) is 12.8 Å². The Morgan fingerprint density at radius 2 is 2.25 bits per heavy atom. The summed E-state index contributed by atoms with van der Waals surface area (Å²) in [7, 11) is 0. The van der Waals surface area contributed by atoms with E-state index in [-0.39, 0.29) is 0 Å². The first kappa shape index (κ1) is 7.80. The van der Waals surface area contributed by atoms with E-state index in [1.807, 2.05) is 13.8 Å². The SMILES string of the molecule is Cc1nc(CNC2CC2)oc1C. The van der Waals surface area contributed by atoms with Crippen molar-refractivity contribution in [3.05, 3.63) is 17.3 Å². The van der Waals surface area contributed by atoms with Gasteiger partial charge in [-0.1, -0.05) is 0 Å². The Morgan fingerprint density at radius 1 is 1.50 bits per heavy atom. The third kappa shape index (κ3) is 1.67. The molecule has 3 nitrogen and oxygen atoms in total. The van der Waals surface area contributed by atoms with E-state index < -0.39 is 0 Å². The quantitative estimate of drug-likeness (QED) is 0.740. The van der Waals surface area contributed by atoms with Gasteiger partial charge in [0, 0.05) is 6.04 Å². The predicted molar refractivity (Wildman–Crippen MR) is 45.8 cm³/mol. The molecule has 0 radical (unpaired) electrons. The van der Waals surface area contributed by atoms with Gasteiger partial charge in [-0.3, -0.25) is 0 Å². The minimum atomic E-state index is 0.720. The van der Waals surface area contributed by atoms with Gasteiger partial charge < -0.3 is 9.73 Å². The van der Waals surface area contributed by atoms with Crippen molar-refractivity contribution in [3.63, 3.8) is 0 Å². The van der Waals surface area contributed by atoms with Crippen LogP contribution in [0.5, 0.6) is 0 Å². The summed E-state index contributed by atoms with van der Waals surface area (Å²) in [5.41, 5.74) is 1.00.